The van der Waals surface area contributed by atoms with Crippen LogP contribution in [0.5, 0.6) is 0 Å². The Morgan fingerprint density at radius 3 is 2.81 bits per heavy atom. The lowest BCUT2D eigenvalue weighted by Gasteiger charge is -2.18. The number of rotatable bonds is 4. The number of benzene rings is 1. The molecule has 0 aliphatic heterocycles. The minimum Gasteiger partial charge on any atom is -0.472 e. The van der Waals surface area contributed by atoms with Gasteiger partial charge in [-0.25, -0.2) is 9.97 Å². The Hall–Kier alpha value is -2.34. The number of hydrogen-bond acceptors (Lipinski definition) is 5. The van der Waals surface area contributed by atoms with Gasteiger partial charge < -0.3 is 15.1 Å². The number of anilines is 2. The molecule has 2 aromatic heterocycles. The molecule has 0 saturated carbocycles. The Morgan fingerprint density at radius 2 is 2.00 bits per heavy atom. The van der Waals surface area contributed by atoms with Crippen molar-refractivity contribution in [3.05, 3.63) is 58.5 Å². The standard InChI is InChI=1S/C20H21BrN4O/c1-22-18-11-19(25-20(24-18)14-7-8-26-12-14)23-17-4-2-3-13-5-6-16(21)9-15(13)10-17/h5-9,11-12,17H,2-4,10H2,1H3,(H2,22,23,24,25). The molecule has 4 rings (SSSR count). The summed E-state index contributed by atoms with van der Waals surface area (Å²) in [6, 6.07) is 10.8. The molecule has 6 heteroatoms. The molecular weight excluding hydrogens is 392 g/mol. The molecule has 1 aromatic carbocycles. The molecule has 0 spiro atoms. The molecule has 0 saturated heterocycles. The largest absolute Gasteiger partial charge is 0.472 e. The third-order valence-electron chi connectivity index (χ3n) is 4.75. The van der Waals surface area contributed by atoms with Crippen LogP contribution >= 0.6 is 15.9 Å². The summed E-state index contributed by atoms with van der Waals surface area (Å²) in [6.45, 7) is 0. The highest BCUT2D eigenvalue weighted by Gasteiger charge is 2.18. The van der Waals surface area contributed by atoms with E-state index in [4.69, 9.17) is 9.40 Å². The van der Waals surface area contributed by atoms with Crippen molar-refractivity contribution in [2.45, 2.75) is 31.7 Å². The summed E-state index contributed by atoms with van der Waals surface area (Å²) < 4.78 is 6.31. The lowest BCUT2D eigenvalue weighted by molar-refractivity contribution is 0.568. The van der Waals surface area contributed by atoms with Crippen molar-refractivity contribution >= 4 is 27.6 Å². The van der Waals surface area contributed by atoms with Crippen molar-refractivity contribution < 1.29 is 4.42 Å². The molecule has 134 valence electrons. The molecule has 1 aliphatic carbocycles. The Bertz CT molecular complexity index is 895. The highest BCUT2D eigenvalue weighted by Crippen LogP contribution is 2.27. The van der Waals surface area contributed by atoms with E-state index in [1.165, 1.54) is 17.5 Å². The summed E-state index contributed by atoms with van der Waals surface area (Å²) in [5.41, 5.74) is 3.74. The van der Waals surface area contributed by atoms with E-state index in [9.17, 15) is 0 Å². The molecule has 2 N–H and O–H groups in total. The Morgan fingerprint density at radius 1 is 1.12 bits per heavy atom. The van der Waals surface area contributed by atoms with E-state index in [0.29, 0.717) is 11.9 Å². The van der Waals surface area contributed by atoms with Gasteiger partial charge in [-0.15, -0.1) is 0 Å². The van der Waals surface area contributed by atoms with E-state index >= 15 is 0 Å². The van der Waals surface area contributed by atoms with Crippen LogP contribution in [0.15, 0.2) is 51.7 Å². The first-order valence-corrected chi connectivity index (χ1v) is 9.64. The lowest BCUT2D eigenvalue weighted by atomic mass is 10.0. The van der Waals surface area contributed by atoms with Crippen LogP contribution < -0.4 is 10.6 Å². The fourth-order valence-corrected chi connectivity index (χ4v) is 3.85. The summed E-state index contributed by atoms with van der Waals surface area (Å²) in [6.07, 6.45) is 7.72. The number of nitrogens with one attached hydrogen (secondary N) is 2. The van der Waals surface area contributed by atoms with Crippen molar-refractivity contribution in [3.8, 4) is 11.4 Å². The summed E-state index contributed by atoms with van der Waals surface area (Å²) in [5, 5.41) is 6.74. The summed E-state index contributed by atoms with van der Waals surface area (Å²) in [5.74, 6) is 2.28. The van der Waals surface area contributed by atoms with E-state index < -0.39 is 0 Å². The normalized spacial score (nSPS) is 16.6. The molecule has 5 nitrogen and oxygen atoms in total. The molecule has 2 heterocycles. The molecule has 3 aromatic rings. The maximum absolute atomic E-state index is 5.17. The Labute approximate surface area is 161 Å². The Kier molecular flexibility index (Phi) is 4.93. The van der Waals surface area contributed by atoms with Gasteiger partial charge in [0.25, 0.3) is 0 Å². The predicted octanol–water partition coefficient (Wildman–Crippen LogP) is 4.90. The molecule has 1 aliphatic rings. The number of hydrogen-bond donors (Lipinski definition) is 2. The first-order chi connectivity index (χ1) is 12.7. The number of aryl methyl sites for hydroxylation is 1. The van der Waals surface area contributed by atoms with Gasteiger partial charge in [0.1, 0.15) is 17.9 Å². The van der Waals surface area contributed by atoms with Crippen LogP contribution in [0.4, 0.5) is 11.6 Å². The molecule has 0 radical (unpaired) electrons. The van der Waals surface area contributed by atoms with Gasteiger partial charge in [0.15, 0.2) is 5.82 Å². The summed E-state index contributed by atoms with van der Waals surface area (Å²) >= 11 is 3.59. The van der Waals surface area contributed by atoms with Crippen LogP contribution in [0.1, 0.15) is 24.0 Å². The highest BCUT2D eigenvalue weighted by molar-refractivity contribution is 9.10. The van der Waals surface area contributed by atoms with E-state index in [2.05, 4.69) is 49.7 Å². The zero-order valence-corrected chi connectivity index (χ0v) is 16.2. The monoisotopic (exact) mass is 412 g/mol. The summed E-state index contributed by atoms with van der Waals surface area (Å²) in [7, 11) is 1.87. The van der Waals surface area contributed by atoms with Gasteiger partial charge in [-0.3, -0.25) is 0 Å². The van der Waals surface area contributed by atoms with Crippen molar-refractivity contribution in [1.82, 2.24) is 9.97 Å². The lowest BCUT2D eigenvalue weighted by Crippen LogP contribution is -2.22. The number of nitrogens with zero attached hydrogens (tertiary/aromatic N) is 2. The molecule has 26 heavy (non-hydrogen) atoms. The maximum Gasteiger partial charge on any atom is 0.167 e. The third kappa shape index (κ3) is 3.75. The van der Waals surface area contributed by atoms with E-state index in [1.54, 1.807) is 12.5 Å². The fourth-order valence-electron chi connectivity index (χ4n) is 3.44. The quantitative estimate of drug-likeness (QED) is 0.596. The SMILES string of the molecule is CNc1cc(NC2CCCc3ccc(Br)cc3C2)nc(-c2ccoc2)n1. The smallest absolute Gasteiger partial charge is 0.167 e. The minimum absolute atomic E-state index is 0.349. The van der Waals surface area contributed by atoms with Crippen LogP contribution in [0.2, 0.25) is 0 Å². The third-order valence-corrected chi connectivity index (χ3v) is 5.24. The second kappa shape index (κ2) is 7.50. The van der Waals surface area contributed by atoms with Crippen LogP contribution in [-0.4, -0.2) is 23.1 Å². The zero-order valence-electron chi connectivity index (χ0n) is 14.6. The number of fused-ring (bicyclic) bond motifs is 1. The highest BCUT2D eigenvalue weighted by atomic mass is 79.9. The topological polar surface area (TPSA) is 63.0 Å². The van der Waals surface area contributed by atoms with Gasteiger partial charge >= 0.3 is 0 Å². The van der Waals surface area contributed by atoms with Gasteiger partial charge in [-0.1, -0.05) is 22.0 Å². The van der Waals surface area contributed by atoms with Gasteiger partial charge in [0.05, 0.1) is 11.8 Å². The minimum atomic E-state index is 0.349. The molecular formula is C20H21BrN4O. The number of halogens is 1. The van der Waals surface area contributed by atoms with Crippen LogP contribution in [0, 0.1) is 0 Å². The van der Waals surface area contributed by atoms with Crippen LogP contribution in [0.3, 0.4) is 0 Å². The second-order valence-electron chi connectivity index (χ2n) is 6.57. The predicted molar refractivity (Wildman–Crippen MR) is 107 cm³/mol. The molecule has 1 unspecified atom stereocenters. The van der Waals surface area contributed by atoms with Gasteiger partial charge in [0.2, 0.25) is 0 Å². The van der Waals surface area contributed by atoms with Crippen LogP contribution in [0.25, 0.3) is 11.4 Å². The van der Waals surface area contributed by atoms with Gasteiger partial charge in [-0.2, -0.15) is 0 Å². The number of furan rings is 1. The zero-order chi connectivity index (χ0) is 17.9. The fraction of sp³-hybridized carbons (Fsp3) is 0.300. The van der Waals surface area contributed by atoms with E-state index in [0.717, 1.165) is 40.9 Å². The average molecular weight is 413 g/mol. The van der Waals surface area contributed by atoms with Crippen molar-refractivity contribution in [3.63, 3.8) is 0 Å². The van der Waals surface area contributed by atoms with Crippen molar-refractivity contribution in [1.29, 1.82) is 0 Å². The van der Waals surface area contributed by atoms with Crippen molar-refractivity contribution in [2.24, 2.45) is 0 Å². The van der Waals surface area contributed by atoms with E-state index in [-0.39, 0.29) is 0 Å². The molecule has 1 atom stereocenters. The second-order valence-corrected chi connectivity index (χ2v) is 7.49. The first-order valence-electron chi connectivity index (χ1n) is 8.84. The first kappa shape index (κ1) is 17.1. The van der Waals surface area contributed by atoms with Crippen molar-refractivity contribution in [2.75, 3.05) is 17.7 Å². The molecule has 0 bridgehead atoms. The number of aromatic nitrogens is 2. The Balaban J connectivity index is 1.59. The van der Waals surface area contributed by atoms with Gasteiger partial charge in [-0.05, 0) is 55.0 Å². The maximum atomic E-state index is 5.17. The summed E-state index contributed by atoms with van der Waals surface area (Å²) in [4.78, 5) is 9.22. The molecule has 0 amide bonds. The van der Waals surface area contributed by atoms with Gasteiger partial charge in [0, 0.05) is 23.6 Å². The molecule has 0 fully saturated rings. The van der Waals surface area contributed by atoms with Crippen LogP contribution in [-0.2, 0) is 12.8 Å². The van der Waals surface area contributed by atoms with E-state index in [1.807, 2.05) is 19.2 Å². The average Bonchev–Trinajstić information content (AvgIpc) is 3.11.